The molecule has 0 saturated carbocycles. The second-order valence-electron chi connectivity index (χ2n) is 4.61. The van der Waals surface area contributed by atoms with Crippen molar-refractivity contribution in [2.24, 2.45) is 5.92 Å². The topological polar surface area (TPSA) is 63.8 Å². The highest BCUT2D eigenvalue weighted by Gasteiger charge is 2.17. The molecule has 0 amide bonds. The Kier molecular flexibility index (Phi) is 3.81. The van der Waals surface area contributed by atoms with Crippen LogP contribution in [0.5, 0.6) is 0 Å². The summed E-state index contributed by atoms with van der Waals surface area (Å²) in [6, 6.07) is 6.23. The van der Waals surface area contributed by atoms with Crippen LogP contribution in [0.1, 0.15) is 30.6 Å². The normalized spacial score (nSPS) is 12.7. The lowest BCUT2D eigenvalue weighted by Crippen LogP contribution is -2.17. The van der Waals surface area contributed by atoms with Gasteiger partial charge in [-0.15, -0.1) is 11.3 Å². The molecule has 2 heterocycles. The standard InChI is InChI=1S/C13H18N4S/c1-8(2)13(10-5-4-6-18-10)17-12-7-11(14)15-9(3)16-12/h4-8,13H,1-3H3,(H3,14,15,16,17). The molecule has 2 rings (SSSR count). The quantitative estimate of drug-likeness (QED) is 0.888. The number of thiophene rings is 1. The third kappa shape index (κ3) is 2.98. The van der Waals surface area contributed by atoms with Crippen molar-refractivity contribution in [3.05, 3.63) is 34.3 Å². The molecule has 0 bridgehead atoms. The second kappa shape index (κ2) is 5.35. The first-order valence-corrected chi connectivity index (χ1v) is 6.85. The maximum atomic E-state index is 5.74. The minimum Gasteiger partial charge on any atom is -0.384 e. The van der Waals surface area contributed by atoms with Gasteiger partial charge in [0.2, 0.25) is 0 Å². The summed E-state index contributed by atoms with van der Waals surface area (Å²) >= 11 is 1.75. The highest BCUT2D eigenvalue weighted by molar-refractivity contribution is 7.10. The van der Waals surface area contributed by atoms with Crippen molar-refractivity contribution in [1.82, 2.24) is 9.97 Å². The first-order chi connectivity index (χ1) is 8.56. The number of anilines is 2. The van der Waals surface area contributed by atoms with Crippen LogP contribution in [0.4, 0.5) is 11.6 Å². The third-order valence-electron chi connectivity index (χ3n) is 2.68. The number of hydrogen-bond donors (Lipinski definition) is 2. The maximum absolute atomic E-state index is 5.74. The summed E-state index contributed by atoms with van der Waals surface area (Å²) in [5.74, 6) is 2.44. The molecule has 1 unspecified atom stereocenters. The van der Waals surface area contributed by atoms with Crippen LogP contribution in [-0.4, -0.2) is 9.97 Å². The maximum Gasteiger partial charge on any atom is 0.132 e. The zero-order valence-corrected chi connectivity index (χ0v) is 11.7. The van der Waals surface area contributed by atoms with E-state index in [9.17, 15) is 0 Å². The molecule has 4 nitrogen and oxygen atoms in total. The molecule has 2 aromatic rings. The van der Waals surface area contributed by atoms with Crippen molar-refractivity contribution >= 4 is 23.0 Å². The Labute approximate surface area is 111 Å². The lowest BCUT2D eigenvalue weighted by molar-refractivity contribution is 0.552. The van der Waals surface area contributed by atoms with Crippen LogP contribution >= 0.6 is 11.3 Å². The monoisotopic (exact) mass is 262 g/mol. The molecule has 0 fully saturated rings. The molecule has 0 aliphatic heterocycles. The minimum absolute atomic E-state index is 0.249. The summed E-state index contributed by atoms with van der Waals surface area (Å²) in [5.41, 5.74) is 5.74. The van der Waals surface area contributed by atoms with E-state index >= 15 is 0 Å². The molecule has 0 aromatic carbocycles. The number of hydrogen-bond acceptors (Lipinski definition) is 5. The molecule has 0 radical (unpaired) electrons. The number of nitrogens with one attached hydrogen (secondary N) is 1. The Morgan fingerprint density at radius 3 is 2.67 bits per heavy atom. The highest BCUT2D eigenvalue weighted by atomic mass is 32.1. The fraction of sp³-hybridized carbons (Fsp3) is 0.385. The number of nitrogens with two attached hydrogens (primary N) is 1. The lowest BCUT2D eigenvalue weighted by Gasteiger charge is -2.22. The predicted molar refractivity (Wildman–Crippen MR) is 76.7 cm³/mol. The molecule has 96 valence electrons. The van der Waals surface area contributed by atoms with Gasteiger partial charge in [0.25, 0.3) is 0 Å². The zero-order chi connectivity index (χ0) is 13.1. The Balaban J connectivity index is 2.24. The van der Waals surface area contributed by atoms with Crippen LogP contribution in [0.25, 0.3) is 0 Å². The van der Waals surface area contributed by atoms with Crippen LogP contribution in [-0.2, 0) is 0 Å². The molecule has 5 heteroatoms. The second-order valence-corrected chi connectivity index (χ2v) is 5.59. The first-order valence-electron chi connectivity index (χ1n) is 5.97. The molecule has 2 aromatic heterocycles. The summed E-state index contributed by atoms with van der Waals surface area (Å²) in [4.78, 5) is 9.75. The van der Waals surface area contributed by atoms with Gasteiger partial charge in [-0.05, 0) is 24.3 Å². The zero-order valence-electron chi connectivity index (χ0n) is 10.8. The minimum atomic E-state index is 0.249. The van der Waals surface area contributed by atoms with E-state index in [0.29, 0.717) is 17.6 Å². The van der Waals surface area contributed by atoms with Crippen LogP contribution < -0.4 is 11.1 Å². The van der Waals surface area contributed by atoms with E-state index in [-0.39, 0.29) is 6.04 Å². The van der Waals surface area contributed by atoms with Crippen molar-refractivity contribution < 1.29 is 0 Å². The van der Waals surface area contributed by atoms with Crippen LogP contribution in [0, 0.1) is 12.8 Å². The Morgan fingerprint density at radius 1 is 1.33 bits per heavy atom. The van der Waals surface area contributed by atoms with E-state index in [1.54, 1.807) is 17.4 Å². The Bertz CT molecular complexity index is 487. The molecule has 0 saturated heterocycles. The number of nitrogens with zero attached hydrogens (tertiary/aromatic N) is 2. The van der Waals surface area contributed by atoms with Crippen molar-refractivity contribution in [2.75, 3.05) is 11.1 Å². The van der Waals surface area contributed by atoms with Crippen molar-refractivity contribution in [1.29, 1.82) is 0 Å². The predicted octanol–water partition coefficient (Wildman–Crippen LogP) is 3.24. The summed E-state index contributed by atoms with van der Waals surface area (Å²) in [7, 11) is 0. The van der Waals surface area contributed by atoms with Gasteiger partial charge in [0, 0.05) is 10.9 Å². The summed E-state index contributed by atoms with van der Waals surface area (Å²) in [5, 5.41) is 5.53. The number of nitrogen functional groups attached to an aromatic ring is 1. The fourth-order valence-electron chi connectivity index (χ4n) is 1.86. The summed E-state index contributed by atoms with van der Waals surface area (Å²) in [6.45, 7) is 6.22. The Morgan fingerprint density at radius 2 is 2.11 bits per heavy atom. The average molecular weight is 262 g/mol. The lowest BCUT2D eigenvalue weighted by atomic mass is 10.0. The summed E-state index contributed by atoms with van der Waals surface area (Å²) in [6.07, 6.45) is 0. The largest absolute Gasteiger partial charge is 0.384 e. The van der Waals surface area contributed by atoms with Gasteiger partial charge in [0.05, 0.1) is 6.04 Å². The molecule has 0 aliphatic rings. The van der Waals surface area contributed by atoms with Crippen molar-refractivity contribution in [3.63, 3.8) is 0 Å². The Hall–Kier alpha value is -1.62. The van der Waals surface area contributed by atoms with E-state index in [2.05, 4.69) is 46.6 Å². The van der Waals surface area contributed by atoms with Crippen LogP contribution in [0.15, 0.2) is 23.6 Å². The van der Waals surface area contributed by atoms with Crippen molar-refractivity contribution in [3.8, 4) is 0 Å². The van der Waals surface area contributed by atoms with Gasteiger partial charge in [-0.2, -0.15) is 0 Å². The third-order valence-corrected chi connectivity index (χ3v) is 3.63. The smallest absolute Gasteiger partial charge is 0.132 e. The number of aromatic nitrogens is 2. The molecular weight excluding hydrogens is 244 g/mol. The van der Waals surface area contributed by atoms with E-state index < -0.39 is 0 Å². The van der Waals surface area contributed by atoms with Crippen molar-refractivity contribution in [2.45, 2.75) is 26.8 Å². The summed E-state index contributed by atoms with van der Waals surface area (Å²) < 4.78 is 0. The van der Waals surface area contributed by atoms with Gasteiger partial charge in [-0.25, -0.2) is 9.97 Å². The van der Waals surface area contributed by atoms with Crippen LogP contribution in [0.3, 0.4) is 0 Å². The van der Waals surface area contributed by atoms with Gasteiger partial charge in [0.1, 0.15) is 17.5 Å². The van der Waals surface area contributed by atoms with E-state index in [1.165, 1.54) is 4.88 Å². The molecule has 0 aliphatic carbocycles. The van der Waals surface area contributed by atoms with E-state index in [1.807, 2.05) is 6.92 Å². The van der Waals surface area contributed by atoms with Gasteiger partial charge in [-0.1, -0.05) is 19.9 Å². The van der Waals surface area contributed by atoms with E-state index in [4.69, 9.17) is 5.73 Å². The van der Waals surface area contributed by atoms with Gasteiger partial charge in [-0.3, -0.25) is 0 Å². The van der Waals surface area contributed by atoms with Gasteiger partial charge < -0.3 is 11.1 Å². The number of aryl methyl sites for hydroxylation is 1. The molecule has 18 heavy (non-hydrogen) atoms. The molecule has 3 N–H and O–H groups in total. The SMILES string of the molecule is Cc1nc(N)cc(NC(c2cccs2)C(C)C)n1. The molecular formula is C13H18N4S. The van der Waals surface area contributed by atoms with Crippen LogP contribution in [0.2, 0.25) is 0 Å². The first kappa shape index (κ1) is 12.8. The fourth-order valence-corrected chi connectivity index (χ4v) is 2.81. The number of rotatable bonds is 4. The van der Waals surface area contributed by atoms with E-state index in [0.717, 1.165) is 5.82 Å². The molecule has 1 atom stereocenters. The highest BCUT2D eigenvalue weighted by Crippen LogP contribution is 2.29. The van der Waals surface area contributed by atoms with Gasteiger partial charge >= 0.3 is 0 Å². The average Bonchev–Trinajstić information content (AvgIpc) is 2.77. The molecule has 0 spiro atoms. The van der Waals surface area contributed by atoms with Gasteiger partial charge in [0.15, 0.2) is 0 Å².